The van der Waals surface area contributed by atoms with E-state index < -0.39 is 0 Å². The van der Waals surface area contributed by atoms with Gasteiger partial charge in [0.2, 0.25) is 0 Å². The summed E-state index contributed by atoms with van der Waals surface area (Å²) in [5.41, 5.74) is 5.53. The third-order valence-corrected chi connectivity index (χ3v) is 7.09. The summed E-state index contributed by atoms with van der Waals surface area (Å²) in [5, 5.41) is 12.2. The average Bonchev–Trinajstić information content (AvgIpc) is 3.21. The van der Waals surface area contributed by atoms with Crippen LogP contribution in [0, 0.1) is 12.8 Å². The summed E-state index contributed by atoms with van der Waals surface area (Å²) in [4.78, 5) is 19.5. The number of rotatable bonds is 7. The number of carbonyl (C=O) groups is 1. The van der Waals surface area contributed by atoms with Crippen LogP contribution in [0.4, 0.5) is 0 Å². The molecule has 1 atom stereocenters. The molecule has 37 heavy (non-hydrogen) atoms. The molecule has 0 saturated carbocycles. The Bertz CT molecular complexity index is 1350. The lowest BCUT2D eigenvalue weighted by molar-refractivity contribution is 0.0916. The Morgan fingerprint density at radius 1 is 0.946 bits per heavy atom. The molecule has 0 spiro atoms. The van der Waals surface area contributed by atoms with Crippen LogP contribution in [0.15, 0.2) is 72.9 Å². The standard InChI is InChI=1S/C30H34N6O/c1-21(2)28(32-30(37)26-10-6-7-16-31-26)29-34-33-27-15-17-35(18-19-36(27)29)20-23-11-13-24(14-12-23)25-9-5-4-8-22(25)3/h4-14,16,21,28H,15,17-20H2,1-3H3,(H,32,37). The molecule has 0 bridgehead atoms. The Labute approximate surface area is 218 Å². The van der Waals surface area contributed by atoms with Crippen LogP contribution in [0.1, 0.15) is 53.2 Å². The third kappa shape index (κ3) is 5.62. The molecule has 2 aromatic carbocycles. The molecule has 3 heterocycles. The average molecular weight is 495 g/mol. The lowest BCUT2D eigenvalue weighted by Crippen LogP contribution is -2.34. The highest BCUT2D eigenvalue weighted by molar-refractivity contribution is 5.92. The first-order valence-electron chi connectivity index (χ1n) is 13.0. The molecule has 0 saturated heterocycles. The van der Waals surface area contributed by atoms with Crippen molar-refractivity contribution in [3.8, 4) is 11.1 Å². The number of carbonyl (C=O) groups excluding carboxylic acids is 1. The van der Waals surface area contributed by atoms with Gasteiger partial charge < -0.3 is 9.88 Å². The summed E-state index contributed by atoms with van der Waals surface area (Å²) in [6, 6.07) is 22.5. The van der Waals surface area contributed by atoms with Crippen molar-refractivity contribution in [1.82, 2.24) is 30.0 Å². The number of amides is 1. The number of hydrogen-bond donors (Lipinski definition) is 1. The molecule has 0 aliphatic carbocycles. The van der Waals surface area contributed by atoms with Crippen molar-refractivity contribution in [2.45, 2.75) is 46.3 Å². The first-order valence-corrected chi connectivity index (χ1v) is 13.0. The quantitative estimate of drug-likeness (QED) is 0.398. The second-order valence-corrected chi connectivity index (χ2v) is 10.1. The van der Waals surface area contributed by atoms with Crippen LogP contribution >= 0.6 is 0 Å². The maximum atomic E-state index is 12.8. The van der Waals surface area contributed by atoms with E-state index in [0.717, 1.165) is 44.2 Å². The second kappa shape index (κ2) is 11.0. The molecule has 5 rings (SSSR count). The zero-order valence-electron chi connectivity index (χ0n) is 21.8. The predicted molar refractivity (Wildman–Crippen MR) is 145 cm³/mol. The first-order chi connectivity index (χ1) is 18.0. The number of nitrogens with one attached hydrogen (secondary N) is 1. The highest BCUT2D eigenvalue weighted by Gasteiger charge is 2.28. The van der Waals surface area contributed by atoms with E-state index in [4.69, 9.17) is 0 Å². The fraction of sp³-hybridized carbons (Fsp3) is 0.333. The van der Waals surface area contributed by atoms with E-state index in [1.54, 1.807) is 18.3 Å². The van der Waals surface area contributed by atoms with Crippen LogP contribution in [0.25, 0.3) is 11.1 Å². The van der Waals surface area contributed by atoms with E-state index in [2.05, 4.69) is 99.3 Å². The van der Waals surface area contributed by atoms with Crippen LogP contribution in [0.3, 0.4) is 0 Å². The van der Waals surface area contributed by atoms with Gasteiger partial charge in [0, 0.05) is 38.8 Å². The molecule has 1 aliphatic heterocycles. The lowest BCUT2D eigenvalue weighted by atomic mass is 9.99. The number of benzene rings is 2. The summed E-state index contributed by atoms with van der Waals surface area (Å²) in [5.74, 6) is 1.76. The molecule has 7 heteroatoms. The summed E-state index contributed by atoms with van der Waals surface area (Å²) in [6.07, 6.45) is 2.46. The third-order valence-electron chi connectivity index (χ3n) is 7.09. The number of pyridine rings is 1. The number of hydrogen-bond acceptors (Lipinski definition) is 5. The molecule has 0 fully saturated rings. The molecule has 0 radical (unpaired) electrons. The molecule has 190 valence electrons. The van der Waals surface area contributed by atoms with Crippen molar-refractivity contribution in [3.63, 3.8) is 0 Å². The van der Waals surface area contributed by atoms with Gasteiger partial charge in [-0.05, 0) is 47.2 Å². The molecular formula is C30H34N6O. The van der Waals surface area contributed by atoms with Gasteiger partial charge in [-0.15, -0.1) is 10.2 Å². The molecule has 7 nitrogen and oxygen atoms in total. The van der Waals surface area contributed by atoms with Gasteiger partial charge in [0.05, 0.1) is 6.04 Å². The molecule has 1 unspecified atom stereocenters. The fourth-order valence-corrected chi connectivity index (χ4v) is 4.96. The Morgan fingerprint density at radius 3 is 2.46 bits per heavy atom. The predicted octanol–water partition coefficient (Wildman–Crippen LogP) is 4.83. The van der Waals surface area contributed by atoms with Gasteiger partial charge >= 0.3 is 0 Å². The highest BCUT2D eigenvalue weighted by Crippen LogP contribution is 2.25. The van der Waals surface area contributed by atoms with Gasteiger partial charge in [-0.1, -0.05) is 68.4 Å². The summed E-state index contributed by atoms with van der Waals surface area (Å²) in [7, 11) is 0. The smallest absolute Gasteiger partial charge is 0.270 e. The van der Waals surface area contributed by atoms with Crippen molar-refractivity contribution in [3.05, 3.63) is 101 Å². The van der Waals surface area contributed by atoms with E-state index in [1.807, 2.05) is 6.07 Å². The van der Waals surface area contributed by atoms with E-state index in [1.165, 1.54) is 22.3 Å². The largest absolute Gasteiger partial charge is 0.340 e. The maximum absolute atomic E-state index is 12.8. The van der Waals surface area contributed by atoms with Crippen LogP contribution in [-0.2, 0) is 19.5 Å². The van der Waals surface area contributed by atoms with Gasteiger partial charge in [-0.25, -0.2) is 0 Å². The number of nitrogens with zero attached hydrogens (tertiary/aromatic N) is 5. The minimum Gasteiger partial charge on any atom is -0.340 e. The van der Waals surface area contributed by atoms with Crippen molar-refractivity contribution < 1.29 is 4.79 Å². The van der Waals surface area contributed by atoms with Gasteiger partial charge in [-0.2, -0.15) is 0 Å². The second-order valence-electron chi connectivity index (χ2n) is 10.1. The lowest BCUT2D eigenvalue weighted by Gasteiger charge is -2.23. The number of aryl methyl sites for hydroxylation is 1. The summed E-state index contributed by atoms with van der Waals surface area (Å²) < 4.78 is 2.20. The van der Waals surface area contributed by atoms with Gasteiger partial charge in [-0.3, -0.25) is 14.7 Å². The van der Waals surface area contributed by atoms with Crippen molar-refractivity contribution >= 4 is 5.91 Å². The van der Waals surface area contributed by atoms with Gasteiger partial charge in [0.1, 0.15) is 11.5 Å². The summed E-state index contributed by atoms with van der Waals surface area (Å²) >= 11 is 0. The Kier molecular flexibility index (Phi) is 7.42. The molecule has 4 aromatic rings. The molecular weight excluding hydrogens is 460 g/mol. The van der Waals surface area contributed by atoms with E-state index in [-0.39, 0.29) is 17.9 Å². The van der Waals surface area contributed by atoms with Gasteiger partial charge in [0.15, 0.2) is 5.82 Å². The van der Waals surface area contributed by atoms with Gasteiger partial charge in [0.25, 0.3) is 5.91 Å². The van der Waals surface area contributed by atoms with E-state index in [9.17, 15) is 4.79 Å². The van der Waals surface area contributed by atoms with E-state index >= 15 is 0 Å². The number of fused-ring (bicyclic) bond motifs is 1. The number of aromatic nitrogens is 4. The zero-order chi connectivity index (χ0) is 25.8. The van der Waals surface area contributed by atoms with Crippen molar-refractivity contribution in [2.75, 3.05) is 13.1 Å². The summed E-state index contributed by atoms with van der Waals surface area (Å²) in [6.45, 7) is 9.85. The topological polar surface area (TPSA) is 75.9 Å². The minimum absolute atomic E-state index is 0.159. The monoisotopic (exact) mass is 494 g/mol. The Hall–Kier alpha value is -3.84. The first kappa shape index (κ1) is 24.8. The molecule has 1 N–H and O–H groups in total. The highest BCUT2D eigenvalue weighted by atomic mass is 16.2. The van der Waals surface area contributed by atoms with Crippen LogP contribution < -0.4 is 5.32 Å². The van der Waals surface area contributed by atoms with Crippen LogP contribution in [-0.4, -0.2) is 43.6 Å². The SMILES string of the molecule is Cc1ccccc1-c1ccc(CN2CCc3nnc(C(NC(=O)c4ccccn4)C(C)C)n3CC2)cc1. The van der Waals surface area contributed by atoms with E-state index in [0.29, 0.717) is 5.69 Å². The fourth-order valence-electron chi connectivity index (χ4n) is 4.96. The normalized spacial score (nSPS) is 14.7. The Balaban J connectivity index is 1.26. The molecule has 1 aliphatic rings. The van der Waals surface area contributed by atoms with Crippen LogP contribution in [0.2, 0.25) is 0 Å². The van der Waals surface area contributed by atoms with Crippen molar-refractivity contribution in [2.24, 2.45) is 5.92 Å². The zero-order valence-corrected chi connectivity index (χ0v) is 21.8. The molecule has 1 amide bonds. The Morgan fingerprint density at radius 2 is 1.73 bits per heavy atom. The maximum Gasteiger partial charge on any atom is 0.270 e. The van der Waals surface area contributed by atoms with Crippen molar-refractivity contribution in [1.29, 1.82) is 0 Å². The molecule has 2 aromatic heterocycles. The minimum atomic E-state index is -0.240. The van der Waals surface area contributed by atoms with Crippen LogP contribution in [0.5, 0.6) is 0 Å².